The van der Waals surface area contributed by atoms with Gasteiger partial charge in [-0.15, -0.1) is 12.4 Å². The molecule has 0 bridgehead atoms. The molecule has 7 heteroatoms. The minimum absolute atomic E-state index is 0. The van der Waals surface area contributed by atoms with Crippen molar-refractivity contribution in [1.29, 1.82) is 0 Å². The van der Waals surface area contributed by atoms with E-state index in [1.54, 1.807) is 12.1 Å². The van der Waals surface area contributed by atoms with E-state index in [9.17, 15) is 13.6 Å². The van der Waals surface area contributed by atoms with Gasteiger partial charge in [-0.3, -0.25) is 4.79 Å². The highest BCUT2D eigenvalue weighted by Gasteiger charge is 2.05. The molecule has 1 rings (SSSR count). The third kappa shape index (κ3) is 8.04. The number of alkyl halides is 2. The van der Waals surface area contributed by atoms with Crippen molar-refractivity contribution in [2.75, 3.05) is 25.6 Å². The molecule has 0 aliphatic heterocycles. The number of amides is 1. The molecule has 20 heavy (non-hydrogen) atoms. The van der Waals surface area contributed by atoms with E-state index in [1.165, 1.54) is 0 Å². The highest BCUT2D eigenvalue weighted by atomic mass is 35.5. The van der Waals surface area contributed by atoms with E-state index >= 15 is 0 Å². The van der Waals surface area contributed by atoms with Gasteiger partial charge in [0.25, 0.3) is 6.43 Å². The van der Waals surface area contributed by atoms with Gasteiger partial charge in [-0.2, -0.15) is 0 Å². The second-order valence-corrected chi connectivity index (χ2v) is 3.99. The molecule has 0 saturated carbocycles. The Labute approximate surface area is 123 Å². The van der Waals surface area contributed by atoms with Crippen molar-refractivity contribution in [3.8, 4) is 0 Å². The van der Waals surface area contributed by atoms with Crippen molar-refractivity contribution in [1.82, 2.24) is 5.32 Å². The fourth-order valence-electron chi connectivity index (χ4n) is 1.47. The number of halogens is 3. The van der Waals surface area contributed by atoms with Gasteiger partial charge in [-0.25, -0.2) is 8.78 Å². The first kappa shape index (κ1) is 18.8. The lowest BCUT2D eigenvalue weighted by atomic mass is 10.2. The Morgan fingerprint density at radius 1 is 1.30 bits per heavy atom. The average molecular weight is 309 g/mol. The minimum Gasteiger partial charge on any atom is -0.375 e. The lowest BCUT2D eigenvalue weighted by molar-refractivity contribution is -0.117. The number of nitrogens with one attached hydrogen (secondary N) is 2. The molecular formula is C13H19ClF2N2O2. The molecule has 0 saturated heterocycles. The Bertz CT molecular complexity index is 388. The monoisotopic (exact) mass is 308 g/mol. The molecular weight excluding hydrogens is 290 g/mol. The van der Waals surface area contributed by atoms with Gasteiger partial charge in [-0.05, 0) is 24.7 Å². The van der Waals surface area contributed by atoms with Crippen LogP contribution in [0.2, 0.25) is 0 Å². The molecule has 1 aromatic rings. The van der Waals surface area contributed by atoms with Gasteiger partial charge in [-0.1, -0.05) is 12.1 Å². The van der Waals surface area contributed by atoms with Crippen molar-refractivity contribution in [3.05, 3.63) is 29.8 Å². The fourth-order valence-corrected chi connectivity index (χ4v) is 1.47. The average Bonchev–Trinajstić information content (AvgIpc) is 2.37. The number of hydrogen-bond acceptors (Lipinski definition) is 3. The normalized spacial score (nSPS) is 10.2. The van der Waals surface area contributed by atoms with Crippen LogP contribution in [0.4, 0.5) is 14.5 Å². The lowest BCUT2D eigenvalue weighted by Crippen LogP contribution is -2.15. The van der Waals surface area contributed by atoms with Crippen molar-refractivity contribution < 1.29 is 18.3 Å². The number of ether oxygens (including phenoxy) is 1. The minimum atomic E-state index is -2.50. The SMILES string of the molecule is CNCc1ccc(NC(=O)CCOCC(F)F)cc1.Cl. The summed E-state index contributed by atoms with van der Waals surface area (Å²) in [6, 6.07) is 7.40. The molecule has 0 atom stereocenters. The molecule has 0 aliphatic rings. The van der Waals surface area contributed by atoms with E-state index in [0.29, 0.717) is 5.69 Å². The number of benzene rings is 1. The van der Waals surface area contributed by atoms with Crippen molar-refractivity contribution >= 4 is 24.0 Å². The van der Waals surface area contributed by atoms with Gasteiger partial charge in [0.05, 0.1) is 13.0 Å². The topological polar surface area (TPSA) is 50.4 Å². The number of anilines is 1. The molecule has 0 unspecified atom stereocenters. The third-order valence-electron chi connectivity index (χ3n) is 2.34. The summed E-state index contributed by atoms with van der Waals surface area (Å²) in [6.45, 7) is 0.121. The van der Waals surface area contributed by atoms with E-state index in [1.807, 2.05) is 19.2 Å². The zero-order chi connectivity index (χ0) is 14.1. The van der Waals surface area contributed by atoms with Crippen LogP contribution in [-0.4, -0.2) is 32.6 Å². The van der Waals surface area contributed by atoms with E-state index < -0.39 is 13.0 Å². The van der Waals surface area contributed by atoms with Gasteiger partial charge in [0.1, 0.15) is 6.61 Å². The molecule has 114 valence electrons. The first-order valence-corrected chi connectivity index (χ1v) is 6.01. The predicted octanol–water partition coefficient (Wildman–Crippen LogP) is 2.44. The standard InChI is InChI=1S/C13H18F2N2O2.ClH/c1-16-8-10-2-4-11(5-3-10)17-13(18)6-7-19-9-12(14)15;/h2-5,12,16H,6-9H2,1H3,(H,17,18);1H. The second-order valence-electron chi connectivity index (χ2n) is 3.99. The first-order chi connectivity index (χ1) is 9.11. The lowest BCUT2D eigenvalue weighted by Gasteiger charge is -2.07. The van der Waals surface area contributed by atoms with E-state index in [-0.39, 0.29) is 31.3 Å². The highest BCUT2D eigenvalue weighted by Crippen LogP contribution is 2.09. The second kappa shape index (κ2) is 10.5. The largest absolute Gasteiger partial charge is 0.375 e. The van der Waals surface area contributed by atoms with Crippen LogP contribution < -0.4 is 10.6 Å². The van der Waals surface area contributed by atoms with Gasteiger partial charge in [0.15, 0.2) is 0 Å². The Hall–Kier alpha value is -1.24. The summed E-state index contributed by atoms with van der Waals surface area (Å²) >= 11 is 0. The molecule has 0 radical (unpaired) electrons. The van der Waals surface area contributed by atoms with Crippen LogP contribution in [0, 0.1) is 0 Å². The maximum Gasteiger partial charge on any atom is 0.261 e. The Kier molecular flexibility index (Phi) is 9.88. The summed E-state index contributed by atoms with van der Waals surface area (Å²) in [6.07, 6.45) is -2.44. The molecule has 0 aliphatic carbocycles. The first-order valence-electron chi connectivity index (χ1n) is 6.01. The Morgan fingerprint density at radius 3 is 2.50 bits per heavy atom. The van der Waals surface area contributed by atoms with Crippen LogP contribution in [0.25, 0.3) is 0 Å². The number of rotatable bonds is 8. The summed E-state index contributed by atoms with van der Waals surface area (Å²) in [5.41, 5.74) is 1.79. The molecule has 0 heterocycles. The van der Waals surface area contributed by atoms with Crippen molar-refractivity contribution in [2.24, 2.45) is 0 Å². The van der Waals surface area contributed by atoms with E-state index in [0.717, 1.165) is 12.1 Å². The molecule has 4 nitrogen and oxygen atoms in total. The van der Waals surface area contributed by atoms with Crippen LogP contribution in [0.5, 0.6) is 0 Å². The van der Waals surface area contributed by atoms with Crippen LogP contribution in [0.1, 0.15) is 12.0 Å². The van der Waals surface area contributed by atoms with Gasteiger partial charge >= 0.3 is 0 Å². The molecule has 2 N–H and O–H groups in total. The number of carbonyl (C=O) groups is 1. The predicted molar refractivity (Wildman–Crippen MR) is 76.5 cm³/mol. The van der Waals surface area contributed by atoms with E-state index in [2.05, 4.69) is 15.4 Å². The van der Waals surface area contributed by atoms with Crippen molar-refractivity contribution in [3.63, 3.8) is 0 Å². The Morgan fingerprint density at radius 2 is 1.95 bits per heavy atom. The van der Waals surface area contributed by atoms with Crippen LogP contribution in [0.3, 0.4) is 0 Å². The zero-order valence-corrected chi connectivity index (χ0v) is 12.0. The fraction of sp³-hybridized carbons (Fsp3) is 0.462. The molecule has 0 spiro atoms. The van der Waals surface area contributed by atoms with Gasteiger partial charge in [0.2, 0.25) is 5.91 Å². The maximum absolute atomic E-state index is 11.8. The summed E-state index contributed by atoms with van der Waals surface area (Å²) in [7, 11) is 1.86. The number of carbonyl (C=O) groups excluding carboxylic acids is 1. The van der Waals surface area contributed by atoms with E-state index in [4.69, 9.17) is 0 Å². The molecule has 0 fully saturated rings. The molecule has 1 aromatic carbocycles. The summed E-state index contributed by atoms with van der Waals surface area (Å²) in [5, 5.41) is 5.70. The zero-order valence-electron chi connectivity index (χ0n) is 11.2. The quantitative estimate of drug-likeness (QED) is 0.725. The molecule has 1 amide bonds. The van der Waals surface area contributed by atoms with Crippen LogP contribution >= 0.6 is 12.4 Å². The van der Waals surface area contributed by atoms with Crippen LogP contribution in [0.15, 0.2) is 24.3 Å². The Balaban J connectivity index is 0.00000361. The third-order valence-corrected chi connectivity index (χ3v) is 2.34. The highest BCUT2D eigenvalue weighted by molar-refractivity contribution is 5.90. The number of hydrogen-bond donors (Lipinski definition) is 2. The maximum atomic E-state index is 11.8. The van der Waals surface area contributed by atoms with Gasteiger partial charge in [0, 0.05) is 12.2 Å². The van der Waals surface area contributed by atoms with Crippen LogP contribution in [-0.2, 0) is 16.1 Å². The molecule has 0 aromatic heterocycles. The summed E-state index contributed by atoms with van der Waals surface area (Å²) in [4.78, 5) is 11.5. The summed E-state index contributed by atoms with van der Waals surface area (Å²) in [5.74, 6) is -0.254. The smallest absolute Gasteiger partial charge is 0.261 e. The van der Waals surface area contributed by atoms with Gasteiger partial charge < -0.3 is 15.4 Å². The van der Waals surface area contributed by atoms with Crippen molar-refractivity contribution in [2.45, 2.75) is 19.4 Å². The summed E-state index contributed by atoms with van der Waals surface area (Å²) < 4.78 is 28.2.